The molecule has 0 saturated carbocycles. The van der Waals surface area contributed by atoms with E-state index in [2.05, 4.69) is 17.1 Å². The number of carbonyl (C=O) groups excluding carboxylic acids is 2. The summed E-state index contributed by atoms with van der Waals surface area (Å²) in [5.74, 6) is -0.0647. The molecular weight excluding hydrogens is 310 g/mol. The molecule has 3 heterocycles. The first-order valence-electron chi connectivity index (χ1n) is 7.81. The third-order valence-electron chi connectivity index (χ3n) is 4.40. The summed E-state index contributed by atoms with van der Waals surface area (Å²) in [7, 11) is 0. The summed E-state index contributed by atoms with van der Waals surface area (Å²) in [6, 6.07) is 9.77. The van der Waals surface area contributed by atoms with Crippen LogP contribution in [0.1, 0.15) is 29.1 Å². The van der Waals surface area contributed by atoms with Gasteiger partial charge in [-0.05, 0) is 18.4 Å². The molecule has 0 radical (unpaired) electrons. The molecule has 2 fully saturated rings. The zero-order valence-corrected chi connectivity index (χ0v) is 13.5. The molecule has 5 nitrogen and oxygen atoms in total. The van der Waals surface area contributed by atoms with Gasteiger partial charge in [0.15, 0.2) is 0 Å². The number of imide groups is 1. The average molecular weight is 327 g/mol. The molecule has 6 heteroatoms. The SMILES string of the molecule is O=C1C2CCCN2C(=O)N1Cc1csc(Cc2ccccc2)n1. The Hall–Kier alpha value is -2.21. The topological polar surface area (TPSA) is 53.5 Å². The molecule has 2 aliphatic heterocycles. The molecule has 1 aromatic heterocycles. The monoisotopic (exact) mass is 327 g/mol. The van der Waals surface area contributed by atoms with Gasteiger partial charge in [-0.3, -0.25) is 9.69 Å². The Morgan fingerprint density at radius 1 is 1.22 bits per heavy atom. The van der Waals surface area contributed by atoms with Gasteiger partial charge in [0.25, 0.3) is 5.91 Å². The summed E-state index contributed by atoms with van der Waals surface area (Å²) in [6.45, 7) is 0.984. The Kier molecular flexibility index (Phi) is 3.61. The highest BCUT2D eigenvalue weighted by atomic mass is 32.1. The van der Waals surface area contributed by atoms with E-state index in [1.807, 2.05) is 23.6 Å². The molecule has 0 aliphatic carbocycles. The summed E-state index contributed by atoms with van der Waals surface area (Å²) in [5.41, 5.74) is 2.01. The fourth-order valence-electron chi connectivity index (χ4n) is 3.26. The number of benzene rings is 1. The van der Waals surface area contributed by atoms with Crippen molar-refractivity contribution < 1.29 is 9.59 Å². The van der Waals surface area contributed by atoms with Crippen LogP contribution < -0.4 is 0 Å². The van der Waals surface area contributed by atoms with E-state index in [1.54, 1.807) is 16.2 Å². The molecule has 1 aromatic carbocycles. The van der Waals surface area contributed by atoms with Gasteiger partial charge < -0.3 is 4.90 Å². The second-order valence-electron chi connectivity index (χ2n) is 5.95. The number of nitrogens with zero attached hydrogens (tertiary/aromatic N) is 3. The maximum atomic E-state index is 12.3. The molecule has 3 amide bonds. The fraction of sp³-hybridized carbons (Fsp3) is 0.353. The van der Waals surface area contributed by atoms with E-state index in [1.165, 1.54) is 10.5 Å². The molecule has 1 unspecified atom stereocenters. The first-order valence-corrected chi connectivity index (χ1v) is 8.69. The van der Waals surface area contributed by atoms with Gasteiger partial charge in [0.05, 0.1) is 17.2 Å². The van der Waals surface area contributed by atoms with E-state index in [0.717, 1.165) is 30.0 Å². The van der Waals surface area contributed by atoms with Crippen molar-refractivity contribution >= 4 is 23.3 Å². The van der Waals surface area contributed by atoms with Crippen molar-refractivity contribution in [3.05, 3.63) is 52.0 Å². The first kappa shape index (κ1) is 14.4. The lowest BCUT2D eigenvalue weighted by molar-refractivity contribution is -0.128. The summed E-state index contributed by atoms with van der Waals surface area (Å²) in [5, 5.41) is 2.95. The van der Waals surface area contributed by atoms with Crippen LogP contribution in [0.15, 0.2) is 35.7 Å². The number of urea groups is 1. The predicted molar refractivity (Wildman–Crippen MR) is 87.0 cm³/mol. The predicted octanol–water partition coefficient (Wildman–Crippen LogP) is 2.66. The molecule has 4 rings (SSSR count). The molecular formula is C17H17N3O2S. The van der Waals surface area contributed by atoms with E-state index >= 15 is 0 Å². The Balaban J connectivity index is 1.46. The standard InChI is InChI=1S/C17H17N3O2S/c21-16-14-7-4-8-19(14)17(22)20(16)10-13-11-23-15(18-13)9-12-5-2-1-3-6-12/h1-3,5-6,11,14H,4,7-10H2. The third kappa shape index (κ3) is 2.63. The van der Waals surface area contributed by atoms with Crippen molar-refractivity contribution in [1.82, 2.24) is 14.8 Å². The minimum absolute atomic E-state index is 0.0647. The highest BCUT2D eigenvalue weighted by Crippen LogP contribution is 2.28. The summed E-state index contributed by atoms with van der Waals surface area (Å²) >= 11 is 1.58. The number of fused-ring (bicyclic) bond motifs is 1. The van der Waals surface area contributed by atoms with Crippen molar-refractivity contribution in [3.63, 3.8) is 0 Å². The van der Waals surface area contributed by atoms with E-state index in [9.17, 15) is 9.59 Å². The zero-order chi connectivity index (χ0) is 15.8. The van der Waals surface area contributed by atoms with Gasteiger partial charge in [0.2, 0.25) is 0 Å². The summed E-state index contributed by atoms with van der Waals surface area (Å²) < 4.78 is 0. The largest absolute Gasteiger partial charge is 0.327 e. The molecule has 0 spiro atoms. The van der Waals surface area contributed by atoms with E-state index in [4.69, 9.17) is 0 Å². The van der Waals surface area contributed by atoms with Crippen LogP contribution in [0.4, 0.5) is 4.79 Å². The van der Waals surface area contributed by atoms with Crippen LogP contribution in [-0.4, -0.2) is 39.3 Å². The van der Waals surface area contributed by atoms with Gasteiger partial charge >= 0.3 is 6.03 Å². The number of hydrogen-bond acceptors (Lipinski definition) is 4. The van der Waals surface area contributed by atoms with Crippen molar-refractivity contribution in [2.24, 2.45) is 0 Å². The lowest BCUT2D eigenvalue weighted by atomic mass is 10.2. The smallest absolute Gasteiger partial charge is 0.312 e. The van der Waals surface area contributed by atoms with Crippen LogP contribution in [0, 0.1) is 0 Å². The minimum Gasteiger partial charge on any atom is -0.312 e. The highest BCUT2D eigenvalue weighted by molar-refractivity contribution is 7.09. The first-order chi connectivity index (χ1) is 11.2. The van der Waals surface area contributed by atoms with Gasteiger partial charge in [-0.1, -0.05) is 30.3 Å². The Morgan fingerprint density at radius 2 is 2.04 bits per heavy atom. The van der Waals surface area contributed by atoms with E-state index < -0.39 is 0 Å². The van der Waals surface area contributed by atoms with Crippen molar-refractivity contribution in [2.75, 3.05) is 6.54 Å². The molecule has 1 atom stereocenters. The number of rotatable bonds is 4. The van der Waals surface area contributed by atoms with Crippen molar-refractivity contribution in [2.45, 2.75) is 31.8 Å². The lowest BCUT2D eigenvalue weighted by Crippen LogP contribution is -2.32. The van der Waals surface area contributed by atoms with E-state index in [-0.39, 0.29) is 24.5 Å². The molecule has 0 N–H and O–H groups in total. The van der Waals surface area contributed by atoms with E-state index in [0.29, 0.717) is 6.54 Å². The van der Waals surface area contributed by atoms with Crippen molar-refractivity contribution in [1.29, 1.82) is 0 Å². The number of thiazole rings is 1. The molecule has 2 aliphatic rings. The minimum atomic E-state index is -0.232. The fourth-order valence-corrected chi connectivity index (χ4v) is 4.08. The summed E-state index contributed by atoms with van der Waals surface area (Å²) in [6.07, 6.45) is 2.49. The van der Waals surface area contributed by atoms with Crippen LogP contribution in [0.3, 0.4) is 0 Å². The molecule has 23 heavy (non-hydrogen) atoms. The zero-order valence-electron chi connectivity index (χ0n) is 12.6. The van der Waals surface area contributed by atoms with Gasteiger partial charge in [-0.25, -0.2) is 9.78 Å². The maximum Gasteiger partial charge on any atom is 0.327 e. The number of aromatic nitrogens is 1. The molecule has 0 bridgehead atoms. The van der Waals surface area contributed by atoms with Crippen LogP contribution in [-0.2, 0) is 17.8 Å². The Labute approximate surface area is 138 Å². The van der Waals surface area contributed by atoms with Gasteiger partial charge in [-0.15, -0.1) is 11.3 Å². The third-order valence-corrected chi connectivity index (χ3v) is 5.30. The number of hydrogen-bond donors (Lipinski definition) is 0. The average Bonchev–Trinajstić information content (AvgIpc) is 3.25. The molecule has 118 valence electrons. The lowest BCUT2D eigenvalue weighted by Gasteiger charge is -2.14. The van der Waals surface area contributed by atoms with Crippen molar-refractivity contribution in [3.8, 4) is 0 Å². The van der Waals surface area contributed by atoms with Gasteiger partial charge in [0, 0.05) is 18.3 Å². The van der Waals surface area contributed by atoms with Crippen LogP contribution in [0.25, 0.3) is 0 Å². The Bertz CT molecular complexity index is 721. The Morgan fingerprint density at radius 3 is 2.83 bits per heavy atom. The normalized spacial score (nSPS) is 20.4. The second kappa shape index (κ2) is 5.77. The van der Waals surface area contributed by atoms with Crippen LogP contribution in [0.5, 0.6) is 0 Å². The summed E-state index contributed by atoms with van der Waals surface area (Å²) in [4.78, 5) is 32.3. The maximum absolute atomic E-state index is 12.3. The molecule has 2 saturated heterocycles. The quantitative estimate of drug-likeness (QED) is 0.811. The second-order valence-corrected chi connectivity index (χ2v) is 6.90. The molecule has 2 aromatic rings. The number of carbonyl (C=O) groups is 2. The highest BCUT2D eigenvalue weighted by Gasteiger charge is 2.47. The number of amides is 3. The van der Waals surface area contributed by atoms with Crippen LogP contribution >= 0.6 is 11.3 Å². The van der Waals surface area contributed by atoms with Crippen LogP contribution in [0.2, 0.25) is 0 Å². The van der Waals surface area contributed by atoms with Gasteiger partial charge in [-0.2, -0.15) is 0 Å². The van der Waals surface area contributed by atoms with Gasteiger partial charge in [0.1, 0.15) is 6.04 Å².